The van der Waals surface area contributed by atoms with Gasteiger partial charge in [0.1, 0.15) is 0 Å². The van der Waals surface area contributed by atoms with Crippen molar-refractivity contribution in [2.45, 2.75) is 51.0 Å². The summed E-state index contributed by atoms with van der Waals surface area (Å²) in [5, 5.41) is 0. The summed E-state index contributed by atoms with van der Waals surface area (Å²) >= 11 is 0. The average Bonchev–Trinajstić information content (AvgIpc) is 2.47. The second-order valence-electron chi connectivity index (χ2n) is 6.53. The van der Waals surface area contributed by atoms with Crippen molar-refractivity contribution in [3.05, 3.63) is 0 Å². The lowest BCUT2D eigenvalue weighted by Crippen LogP contribution is -2.53. The molecule has 1 saturated heterocycles. The lowest BCUT2D eigenvalue weighted by Gasteiger charge is -2.42. The molecule has 0 atom stereocenters. The number of carbonyl (C=O) groups excluding carboxylic acids is 1. The molecule has 1 aliphatic heterocycles. The molecule has 0 unspecified atom stereocenters. The number of hydrogen-bond acceptors (Lipinski definition) is 3. The van der Waals surface area contributed by atoms with Crippen LogP contribution in [0.15, 0.2) is 0 Å². The van der Waals surface area contributed by atoms with Crippen LogP contribution >= 0.6 is 0 Å². The summed E-state index contributed by atoms with van der Waals surface area (Å²) in [7, 11) is 4.26. The first-order valence-electron chi connectivity index (χ1n) is 7.75. The zero-order chi connectivity index (χ0) is 13.9. The van der Waals surface area contributed by atoms with Crippen LogP contribution in [-0.4, -0.2) is 55.5 Å². The Balaban J connectivity index is 1.96. The number of carbonyl (C=O) groups is 1. The number of amides is 1. The van der Waals surface area contributed by atoms with E-state index >= 15 is 0 Å². The van der Waals surface area contributed by atoms with Crippen LogP contribution in [0.2, 0.25) is 0 Å². The molecule has 110 valence electrons. The van der Waals surface area contributed by atoms with Crippen LogP contribution < -0.4 is 5.73 Å². The van der Waals surface area contributed by atoms with Crippen LogP contribution in [0.4, 0.5) is 0 Å². The summed E-state index contributed by atoms with van der Waals surface area (Å²) in [5.41, 5.74) is 5.73. The van der Waals surface area contributed by atoms with Crippen LogP contribution in [0.3, 0.4) is 0 Å². The fourth-order valence-electron chi connectivity index (χ4n) is 3.65. The average molecular weight is 267 g/mol. The summed E-state index contributed by atoms with van der Waals surface area (Å²) in [6.45, 7) is 2.34. The van der Waals surface area contributed by atoms with Gasteiger partial charge in [-0.25, -0.2) is 0 Å². The Morgan fingerprint density at radius 3 is 2.26 bits per heavy atom. The standard InChI is InChI=1S/C15H29N3O/c1-17(2)13-6-10-18(11-7-13)14(19)15(12-16)8-4-3-5-9-15/h13H,3-12,16H2,1-2H3. The van der Waals surface area contributed by atoms with Crippen molar-refractivity contribution in [1.82, 2.24) is 9.80 Å². The number of nitrogens with zero attached hydrogens (tertiary/aromatic N) is 2. The molecule has 1 amide bonds. The van der Waals surface area contributed by atoms with Gasteiger partial charge in [0, 0.05) is 25.7 Å². The van der Waals surface area contributed by atoms with Crippen molar-refractivity contribution in [2.24, 2.45) is 11.1 Å². The first kappa shape index (κ1) is 14.8. The maximum atomic E-state index is 12.8. The maximum absolute atomic E-state index is 12.8. The minimum Gasteiger partial charge on any atom is -0.342 e. The highest BCUT2D eigenvalue weighted by Crippen LogP contribution is 2.37. The van der Waals surface area contributed by atoms with Gasteiger partial charge in [-0.3, -0.25) is 4.79 Å². The van der Waals surface area contributed by atoms with Gasteiger partial charge in [-0.1, -0.05) is 19.3 Å². The van der Waals surface area contributed by atoms with E-state index in [1.165, 1.54) is 6.42 Å². The van der Waals surface area contributed by atoms with E-state index in [2.05, 4.69) is 23.9 Å². The summed E-state index contributed by atoms with van der Waals surface area (Å²) in [5.74, 6) is 0.340. The third-order valence-corrected chi connectivity index (χ3v) is 5.14. The molecule has 0 radical (unpaired) electrons. The zero-order valence-corrected chi connectivity index (χ0v) is 12.5. The molecule has 4 nitrogen and oxygen atoms in total. The van der Waals surface area contributed by atoms with Crippen LogP contribution in [0.5, 0.6) is 0 Å². The highest BCUT2D eigenvalue weighted by molar-refractivity contribution is 5.83. The third kappa shape index (κ3) is 3.11. The fourth-order valence-corrected chi connectivity index (χ4v) is 3.65. The largest absolute Gasteiger partial charge is 0.342 e. The zero-order valence-electron chi connectivity index (χ0n) is 12.5. The van der Waals surface area contributed by atoms with Gasteiger partial charge in [0.2, 0.25) is 5.91 Å². The minimum absolute atomic E-state index is 0.233. The van der Waals surface area contributed by atoms with E-state index in [1.807, 2.05) is 0 Å². The summed E-state index contributed by atoms with van der Waals surface area (Å²) in [4.78, 5) is 17.2. The molecule has 4 heteroatoms. The molecule has 0 aromatic heterocycles. The van der Waals surface area contributed by atoms with E-state index in [4.69, 9.17) is 5.73 Å². The molecule has 2 N–H and O–H groups in total. The van der Waals surface area contributed by atoms with Crippen molar-refractivity contribution < 1.29 is 4.79 Å². The van der Waals surface area contributed by atoms with E-state index in [0.29, 0.717) is 18.5 Å². The molecule has 19 heavy (non-hydrogen) atoms. The van der Waals surface area contributed by atoms with Crippen LogP contribution in [0.1, 0.15) is 44.9 Å². The van der Waals surface area contributed by atoms with Crippen molar-refractivity contribution in [3.63, 3.8) is 0 Å². The number of likely N-dealkylation sites (tertiary alicyclic amines) is 1. The Hall–Kier alpha value is -0.610. The van der Waals surface area contributed by atoms with Crippen LogP contribution in [0.25, 0.3) is 0 Å². The lowest BCUT2D eigenvalue weighted by molar-refractivity contribution is -0.145. The van der Waals surface area contributed by atoms with E-state index < -0.39 is 0 Å². The SMILES string of the molecule is CN(C)C1CCN(C(=O)C2(CN)CCCCC2)CC1. The van der Waals surface area contributed by atoms with Gasteiger partial charge in [0.25, 0.3) is 0 Å². The molecule has 2 rings (SSSR count). The van der Waals surface area contributed by atoms with Crippen LogP contribution in [-0.2, 0) is 4.79 Å². The second-order valence-corrected chi connectivity index (χ2v) is 6.53. The molecule has 0 aromatic rings. The number of hydrogen-bond donors (Lipinski definition) is 1. The molecular weight excluding hydrogens is 238 g/mol. The Morgan fingerprint density at radius 1 is 1.21 bits per heavy atom. The molecule has 2 fully saturated rings. The Bertz CT molecular complexity index is 303. The lowest BCUT2D eigenvalue weighted by atomic mass is 9.72. The minimum atomic E-state index is -0.233. The molecular formula is C15H29N3O. The summed E-state index contributed by atoms with van der Waals surface area (Å²) in [6.07, 6.45) is 7.77. The highest BCUT2D eigenvalue weighted by Gasteiger charge is 2.41. The van der Waals surface area contributed by atoms with Crippen LogP contribution in [0, 0.1) is 5.41 Å². The number of nitrogens with two attached hydrogens (primary N) is 1. The van der Waals surface area contributed by atoms with Gasteiger partial charge in [0.15, 0.2) is 0 Å². The molecule has 0 bridgehead atoms. The van der Waals surface area contributed by atoms with Gasteiger partial charge in [-0.05, 0) is 39.8 Å². The molecule has 2 aliphatic rings. The molecule has 0 spiro atoms. The smallest absolute Gasteiger partial charge is 0.230 e. The predicted octanol–water partition coefficient (Wildman–Crippen LogP) is 1.45. The molecule has 1 saturated carbocycles. The predicted molar refractivity (Wildman–Crippen MR) is 77.9 cm³/mol. The van der Waals surface area contributed by atoms with Gasteiger partial charge in [0.05, 0.1) is 5.41 Å². The Kier molecular flexibility index (Phi) is 4.85. The maximum Gasteiger partial charge on any atom is 0.230 e. The van der Waals surface area contributed by atoms with Crippen molar-refractivity contribution in [1.29, 1.82) is 0 Å². The summed E-state index contributed by atoms with van der Waals surface area (Å²) < 4.78 is 0. The van der Waals surface area contributed by atoms with Gasteiger partial charge in [-0.15, -0.1) is 0 Å². The summed E-state index contributed by atoms with van der Waals surface area (Å²) in [6, 6.07) is 0.629. The molecule has 1 aliphatic carbocycles. The second kappa shape index (κ2) is 6.23. The first-order valence-corrected chi connectivity index (χ1v) is 7.75. The van der Waals surface area contributed by atoms with Gasteiger partial charge >= 0.3 is 0 Å². The third-order valence-electron chi connectivity index (χ3n) is 5.14. The van der Waals surface area contributed by atoms with Gasteiger partial charge in [-0.2, -0.15) is 0 Å². The van der Waals surface area contributed by atoms with Crippen molar-refractivity contribution in [3.8, 4) is 0 Å². The number of piperidine rings is 1. The van der Waals surface area contributed by atoms with E-state index in [9.17, 15) is 4.79 Å². The van der Waals surface area contributed by atoms with E-state index in [-0.39, 0.29) is 5.41 Å². The Labute approximate surface area is 117 Å². The molecule has 0 aromatic carbocycles. The van der Waals surface area contributed by atoms with Gasteiger partial charge < -0.3 is 15.5 Å². The topological polar surface area (TPSA) is 49.6 Å². The van der Waals surface area contributed by atoms with Crippen molar-refractivity contribution >= 4 is 5.91 Å². The fraction of sp³-hybridized carbons (Fsp3) is 0.933. The van der Waals surface area contributed by atoms with E-state index in [1.54, 1.807) is 0 Å². The first-order chi connectivity index (χ1) is 9.09. The van der Waals surface area contributed by atoms with Crippen molar-refractivity contribution in [2.75, 3.05) is 33.7 Å². The Morgan fingerprint density at radius 2 is 1.79 bits per heavy atom. The monoisotopic (exact) mass is 267 g/mol. The van der Waals surface area contributed by atoms with E-state index in [0.717, 1.165) is 51.6 Å². The highest BCUT2D eigenvalue weighted by atomic mass is 16.2. The normalized spacial score (nSPS) is 24.7. The number of rotatable bonds is 3. The quantitative estimate of drug-likeness (QED) is 0.842. The molecule has 1 heterocycles.